The average molecular weight is 381 g/mol. The molecule has 6 atom stereocenters. The number of rotatable bonds is 12. The molecule has 3 saturated heterocycles. The van der Waals surface area contributed by atoms with E-state index in [1.807, 2.05) is 0 Å². The van der Waals surface area contributed by atoms with Gasteiger partial charge >= 0.3 is 0 Å². The summed E-state index contributed by atoms with van der Waals surface area (Å²) < 4.78 is 34.4. The molecule has 24 heavy (non-hydrogen) atoms. The number of ether oxygens (including phenoxy) is 6. The van der Waals surface area contributed by atoms with Crippen molar-refractivity contribution in [2.75, 3.05) is 39.6 Å². The summed E-state index contributed by atoms with van der Waals surface area (Å²) >= 11 is 3.43. The van der Waals surface area contributed by atoms with Crippen LogP contribution in [0.2, 0.25) is 0 Å². The number of hydrogen-bond donors (Lipinski definition) is 0. The Bertz CT molecular complexity index is 332. The van der Waals surface area contributed by atoms with Crippen molar-refractivity contribution in [3.05, 3.63) is 0 Å². The van der Waals surface area contributed by atoms with Gasteiger partial charge in [-0.05, 0) is 12.8 Å². The van der Waals surface area contributed by atoms with Gasteiger partial charge in [-0.3, -0.25) is 0 Å². The number of thioether (sulfide) groups is 2. The molecule has 3 aliphatic heterocycles. The van der Waals surface area contributed by atoms with E-state index in [-0.39, 0.29) is 34.0 Å². The van der Waals surface area contributed by atoms with Crippen LogP contribution in [0.5, 0.6) is 0 Å². The zero-order valence-corrected chi connectivity index (χ0v) is 16.0. The first kappa shape index (κ1) is 19.2. The molecule has 0 radical (unpaired) electrons. The number of hydrogen-bond acceptors (Lipinski definition) is 8. The Balaban J connectivity index is 1.19. The molecule has 0 aromatic carbocycles. The fourth-order valence-corrected chi connectivity index (χ4v) is 3.62. The predicted molar refractivity (Wildman–Crippen MR) is 94.2 cm³/mol. The van der Waals surface area contributed by atoms with Crippen LogP contribution < -0.4 is 0 Å². The molecule has 0 aliphatic carbocycles. The van der Waals surface area contributed by atoms with Gasteiger partial charge in [0.15, 0.2) is 0 Å². The fourth-order valence-electron chi connectivity index (χ4n) is 2.29. The van der Waals surface area contributed by atoms with Gasteiger partial charge in [-0.2, -0.15) is 0 Å². The SMILES string of the molecule is CCCOC1SC1OCC1COC(COC2SC2OCCC)CO1. The van der Waals surface area contributed by atoms with Crippen LogP contribution in [0.4, 0.5) is 0 Å². The smallest absolute Gasteiger partial charge is 0.141 e. The molecular weight excluding hydrogens is 352 g/mol. The zero-order valence-electron chi connectivity index (χ0n) is 14.4. The van der Waals surface area contributed by atoms with E-state index < -0.39 is 0 Å². The summed E-state index contributed by atoms with van der Waals surface area (Å²) in [5.41, 5.74) is 0.727. The summed E-state index contributed by atoms with van der Waals surface area (Å²) in [6.07, 6.45) is 2.09. The van der Waals surface area contributed by atoms with E-state index >= 15 is 0 Å². The van der Waals surface area contributed by atoms with Gasteiger partial charge in [-0.15, -0.1) is 0 Å². The second-order valence-electron chi connectivity index (χ2n) is 6.06. The standard InChI is InChI=1S/C16H28O6S2/c1-3-5-17-13-15(23-13)21-9-11-7-20-12(8-19-11)10-22-16-14(24-16)18-6-4-2/h11-16H,3-10H2,1-2H3. The molecule has 0 aromatic rings. The Hall–Kier alpha value is 0.460. The largest absolute Gasteiger partial charge is 0.371 e. The third-order valence-electron chi connectivity index (χ3n) is 3.73. The van der Waals surface area contributed by atoms with Crippen molar-refractivity contribution in [2.24, 2.45) is 0 Å². The van der Waals surface area contributed by atoms with Crippen LogP contribution in [0.3, 0.4) is 0 Å². The van der Waals surface area contributed by atoms with Crippen LogP contribution in [0, 0.1) is 0 Å². The Morgan fingerprint density at radius 1 is 0.708 bits per heavy atom. The van der Waals surface area contributed by atoms with Crippen molar-refractivity contribution in [3.63, 3.8) is 0 Å². The average Bonchev–Trinajstić information content (AvgIpc) is 3.52. The summed E-state index contributed by atoms with van der Waals surface area (Å²) in [7, 11) is 0. The van der Waals surface area contributed by atoms with Crippen molar-refractivity contribution in [2.45, 2.75) is 60.6 Å². The van der Waals surface area contributed by atoms with E-state index in [1.54, 1.807) is 23.5 Å². The minimum absolute atomic E-state index is 0.00483. The summed E-state index contributed by atoms with van der Waals surface area (Å²) in [5, 5.41) is 0. The van der Waals surface area contributed by atoms with E-state index in [0.29, 0.717) is 26.4 Å². The molecule has 3 aliphatic rings. The van der Waals surface area contributed by atoms with Gasteiger partial charge in [0, 0.05) is 13.2 Å². The lowest BCUT2D eigenvalue weighted by Gasteiger charge is -2.29. The van der Waals surface area contributed by atoms with E-state index in [9.17, 15) is 0 Å². The molecule has 0 bridgehead atoms. The normalized spacial score (nSPS) is 38.2. The van der Waals surface area contributed by atoms with Gasteiger partial charge in [0.25, 0.3) is 0 Å². The van der Waals surface area contributed by atoms with Gasteiger partial charge in [-0.1, -0.05) is 37.4 Å². The highest BCUT2D eigenvalue weighted by molar-refractivity contribution is 8.07. The molecule has 6 unspecified atom stereocenters. The fraction of sp³-hybridized carbons (Fsp3) is 1.00. The maximum atomic E-state index is 5.81. The molecule has 0 saturated carbocycles. The lowest BCUT2D eigenvalue weighted by atomic mass is 10.3. The highest BCUT2D eigenvalue weighted by Crippen LogP contribution is 2.44. The van der Waals surface area contributed by atoms with Crippen LogP contribution in [0.1, 0.15) is 26.7 Å². The maximum Gasteiger partial charge on any atom is 0.141 e. The van der Waals surface area contributed by atoms with E-state index in [0.717, 1.165) is 26.1 Å². The van der Waals surface area contributed by atoms with Gasteiger partial charge in [0.05, 0.1) is 26.4 Å². The summed E-state index contributed by atoms with van der Waals surface area (Å²) in [5.74, 6) is 0. The highest BCUT2D eigenvalue weighted by atomic mass is 32.2. The topological polar surface area (TPSA) is 55.4 Å². The first-order valence-electron chi connectivity index (χ1n) is 8.80. The lowest BCUT2D eigenvalue weighted by molar-refractivity contribution is -0.169. The molecule has 8 heteroatoms. The second kappa shape index (κ2) is 9.97. The zero-order chi connectivity index (χ0) is 16.8. The van der Waals surface area contributed by atoms with Crippen molar-refractivity contribution in [3.8, 4) is 0 Å². The molecule has 6 nitrogen and oxygen atoms in total. The summed E-state index contributed by atoms with van der Waals surface area (Å²) in [4.78, 5) is 0. The molecular formula is C16H28O6S2. The van der Waals surface area contributed by atoms with Crippen LogP contribution in [-0.2, 0) is 28.4 Å². The van der Waals surface area contributed by atoms with E-state index in [2.05, 4.69) is 13.8 Å². The third-order valence-corrected chi connectivity index (χ3v) is 5.71. The highest BCUT2D eigenvalue weighted by Gasteiger charge is 2.42. The first-order chi connectivity index (χ1) is 11.8. The van der Waals surface area contributed by atoms with Crippen LogP contribution >= 0.6 is 23.5 Å². The molecule has 0 amide bonds. The van der Waals surface area contributed by atoms with Crippen molar-refractivity contribution in [1.29, 1.82) is 0 Å². The van der Waals surface area contributed by atoms with Gasteiger partial charge in [-0.25, -0.2) is 0 Å². The van der Waals surface area contributed by atoms with Crippen molar-refractivity contribution in [1.82, 2.24) is 0 Å². The molecule has 140 valence electrons. The molecule has 0 spiro atoms. The maximum absolute atomic E-state index is 5.81. The third kappa shape index (κ3) is 6.32. The van der Waals surface area contributed by atoms with Gasteiger partial charge < -0.3 is 28.4 Å². The molecule has 0 aromatic heterocycles. The summed E-state index contributed by atoms with van der Waals surface area (Å²) in [6, 6.07) is 0. The van der Waals surface area contributed by atoms with Gasteiger partial charge in [0.2, 0.25) is 0 Å². The predicted octanol–water partition coefficient (Wildman–Crippen LogP) is 2.45. The monoisotopic (exact) mass is 380 g/mol. The molecule has 0 N–H and O–H groups in total. The van der Waals surface area contributed by atoms with Crippen molar-refractivity contribution < 1.29 is 28.4 Å². The van der Waals surface area contributed by atoms with E-state index in [4.69, 9.17) is 28.4 Å². The van der Waals surface area contributed by atoms with Gasteiger partial charge in [0.1, 0.15) is 34.0 Å². The van der Waals surface area contributed by atoms with Crippen molar-refractivity contribution >= 4 is 23.5 Å². The Morgan fingerprint density at radius 2 is 1.12 bits per heavy atom. The Morgan fingerprint density at radius 3 is 1.50 bits per heavy atom. The molecule has 3 heterocycles. The Labute approximate surface area is 152 Å². The lowest BCUT2D eigenvalue weighted by Crippen LogP contribution is -2.40. The first-order valence-corrected chi connectivity index (χ1v) is 10.7. The molecule has 3 fully saturated rings. The summed E-state index contributed by atoms with van der Waals surface area (Å²) in [6.45, 7) is 8.04. The quantitative estimate of drug-likeness (QED) is 0.479. The molecule has 3 rings (SSSR count). The van der Waals surface area contributed by atoms with Crippen LogP contribution in [0.15, 0.2) is 0 Å². The van der Waals surface area contributed by atoms with E-state index in [1.165, 1.54) is 0 Å². The Kier molecular flexibility index (Phi) is 7.98. The minimum Gasteiger partial charge on any atom is -0.371 e. The minimum atomic E-state index is 0.00483. The van der Waals surface area contributed by atoms with Crippen LogP contribution in [-0.4, -0.2) is 73.6 Å². The second-order valence-corrected chi connectivity index (χ2v) is 8.47. The van der Waals surface area contributed by atoms with Crippen LogP contribution in [0.25, 0.3) is 0 Å².